The molecular weight excluding hydrogens is 282 g/mol. The molecule has 1 fully saturated rings. The molecule has 1 N–H and O–H groups in total. The number of nitrogens with zero attached hydrogens (tertiary/aromatic N) is 1. The molecule has 1 aromatic carbocycles. The van der Waals surface area contributed by atoms with Crippen molar-refractivity contribution in [2.45, 2.75) is 4.90 Å². The lowest BCUT2D eigenvalue weighted by atomic mass is 10.2. The van der Waals surface area contributed by atoms with Crippen LogP contribution in [-0.2, 0) is 10.0 Å². The minimum absolute atomic E-state index is 0.225. The Labute approximate surface area is 117 Å². The van der Waals surface area contributed by atoms with E-state index in [0.29, 0.717) is 18.7 Å². The largest absolute Gasteiger partial charge is 0.384 e. The first-order chi connectivity index (χ1) is 9.16. The molecule has 0 spiro atoms. The van der Waals surface area contributed by atoms with Crippen LogP contribution < -0.4 is 0 Å². The first kappa shape index (κ1) is 14.4. The highest BCUT2D eigenvalue weighted by atomic mass is 32.2. The van der Waals surface area contributed by atoms with Crippen LogP contribution in [-0.4, -0.2) is 49.0 Å². The molecule has 2 rings (SSSR count). The van der Waals surface area contributed by atoms with Gasteiger partial charge in [0, 0.05) is 30.2 Å². The fraction of sp³-hybridized carbons (Fsp3) is 0.385. The number of aliphatic hydroxyl groups is 1. The molecule has 0 radical (unpaired) electrons. The predicted molar refractivity (Wildman–Crippen MR) is 76.5 cm³/mol. The molecule has 0 saturated carbocycles. The zero-order valence-corrected chi connectivity index (χ0v) is 12.0. The fourth-order valence-electron chi connectivity index (χ4n) is 1.86. The van der Waals surface area contributed by atoms with E-state index in [-0.39, 0.29) is 11.5 Å². The molecule has 1 heterocycles. The monoisotopic (exact) mass is 297 g/mol. The van der Waals surface area contributed by atoms with Crippen molar-refractivity contribution >= 4 is 21.8 Å². The highest BCUT2D eigenvalue weighted by molar-refractivity contribution is 7.99. The Balaban J connectivity index is 2.39. The van der Waals surface area contributed by atoms with E-state index in [2.05, 4.69) is 11.8 Å². The molecule has 0 bridgehead atoms. The van der Waals surface area contributed by atoms with Crippen LogP contribution in [0.3, 0.4) is 0 Å². The lowest BCUT2D eigenvalue weighted by Gasteiger charge is -2.26. The molecule has 1 aliphatic rings. The van der Waals surface area contributed by atoms with Gasteiger partial charge in [-0.25, -0.2) is 8.42 Å². The molecular formula is C13H15NO3S2. The third-order valence-electron chi connectivity index (χ3n) is 2.78. The highest BCUT2D eigenvalue weighted by Crippen LogP contribution is 2.22. The Morgan fingerprint density at radius 3 is 2.63 bits per heavy atom. The number of aliphatic hydroxyl groups excluding tert-OH is 1. The van der Waals surface area contributed by atoms with Crippen molar-refractivity contribution in [3.8, 4) is 11.8 Å². The molecule has 6 heteroatoms. The lowest BCUT2D eigenvalue weighted by Crippen LogP contribution is -2.38. The van der Waals surface area contributed by atoms with Gasteiger partial charge in [-0.1, -0.05) is 24.0 Å². The Kier molecular flexibility index (Phi) is 4.88. The zero-order valence-electron chi connectivity index (χ0n) is 10.4. The van der Waals surface area contributed by atoms with Gasteiger partial charge in [0.25, 0.3) is 0 Å². The summed E-state index contributed by atoms with van der Waals surface area (Å²) < 4.78 is 26.6. The van der Waals surface area contributed by atoms with Crippen LogP contribution in [0.25, 0.3) is 0 Å². The molecule has 1 saturated heterocycles. The van der Waals surface area contributed by atoms with Gasteiger partial charge in [-0.3, -0.25) is 0 Å². The third-order valence-corrected chi connectivity index (χ3v) is 5.68. The average Bonchev–Trinajstić information content (AvgIpc) is 2.46. The van der Waals surface area contributed by atoms with E-state index in [1.54, 1.807) is 36.0 Å². The summed E-state index contributed by atoms with van der Waals surface area (Å²) in [7, 11) is -3.49. The van der Waals surface area contributed by atoms with Gasteiger partial charge in [0.15, 0.2) is 0 Å². The van der Waals surface area contributed by atoms with Gasteiger partial charge in [0.1, 0.15) is 6.61 Å². The third kappa shape index (κ3) is 3.31. The van der Waals surface area contributed by atoms with Crippen LogP contribution in [0.15, 0.2) is 29.2 Å². The van der Waals surface area contributed by atoms with E-state index < -0.39 is 10.0 Å². The van der Waals surface area contributed by atoms with Gasteiger partial charge >= 0.3 is 0 Å². The fourth-order valence-corrected chi connectivity index (χ4v) is 4.58. The summed E-state index contributed by atoms with van der Waals surface area (Å²) in [5, 5.41) is 8.73. The van der Waals surface area contributed by atoms with Gasteiger partial charge in [0.2, 0.25) is 10.0 Å². The zero-order chi connectivity index (χ0) is 13.7. The average molecular weight is 297 g/mol. The predicted octanol–water partition coefficient (Wildman–Crippen LogP) is 0.768. The first-order valence-corrected chi connectivity index (χ1v) is 8.52. The molecule has 1 aromatic rings. The van der Waals surface area contributed by atoms with Gasteiger partial charge < -0.3 is 5.11 Å². The van der Waals surface area contributed by atoms with Crippen molar-refractivity contribution in [2.75, 3.05) is 31.2 Å². The topological polar surface area (TPSA) is 57.6 Å². The summed E-state index contributed by atoms with van der Waals surface area (Å²) in [6, 6.07) is 6.66. The molecule has 0 aromatic heterocycles. The summed E-state index contributed by atoms with van der Waals surface area (Å²) >= 11 is 1.76. The molecule has 0 amide bonds. The molecule has 0 atom stereocenters. The summed E-state index contributed by atoms with van der Waals surface area (Å²) in [6.07, 6.45) is 0. The van der Waals surface area contributed by atoms with Crippen molar-refractivity contribution in [3.05, 3.63) is 29.8 Å². The second-order valence-electron chi connectivity index (χ2n) is 3.97. The Bertz CT molecular complexity index is 596. The first-order valence-electron chi connectivity index (χ1n) is 5.93. The number of hydrogen-bond acceptors (Lipinski definition) is 4. The van der Waals surface area contributed by atoms with Crippen LogP contribution in [0.5, 0.6) is 0 Å². The maximum Gasteiger partial charge on any atom is 0.244 e. The maximum atomic E-state index is 12.6. The Hall–Kier alpha value is -1.00. The van der Waals surface area contributed by atoms with Crippen LogP contribution in [0.2, 0.25) is 0 Å². The summed E-state index contributed by atoms with van der Waals surface area (Å²) in [5.74, 6) is 6.84. The van der Waals surface area contributed by atoms with Crippen molar-refractivity contribution in [3.63, 3.8) is 0 Å². The number of sulfonamides is 1. The highest BCUT2D eigenvalue weighted by Gasteiger charge is 2.27. The van der Waals surface area contributed by atoms with Crippen LogP contribution in [0, 0.1) is 11.8 Å². The van der Waals surface area contributed by atoms with Gasteiger partial charge in [0.05, 0.1) is 4.90 Å². The Morgan fingerprint density at radius 1 is 1.26 bits per heavy atom. The maximum absolute atomic E-state index is 12.6. The van der Waals surface area contributed by atoms with E-state index in [1.165, 1.54) is 4.31 Å². The summed E-state index contributed by atoms with van der Waals surface area (Å²) in [4.78, 5) is 0.225. The van der Waals surface area contributed by atoms with Crippen LogP contribution in [0.4, 0.5) is 0 Å². The standard InChI is InChI=1S/C13H15NO3S2/c15-9-3-5-12-4-1-2-6-13(12)19(16,17)14-7-10-18-11-8-14/h1-2,4,6,15H,7-11H2. The number of thioether (sulfide) groups is 1. The smallest absolute Gasteiger partial charge is 0.244 e. The van der Waals surface area contributed by atoms with Gasteiger partial charge in [-0.05, 0) is 12.1 Å². The second-order valence-corrected chi connectivity index (χ2v) is 7.10. The van der Waals surface area contributed by atoms with E-state index in [9.17, 15) is 8.42 Å². The summed E-state index contributed by atoms with van der Waals surface area (Å²) in [6.45, 7) is 0.790. The van der Waals surface area contributed by atoms with Gasteiger partial charge in [-0.15, -0.1) is 0 Å². The molecule has 4 nitrogen and oxygen atoms in total. The van der Waals surface area contributed by atoms with E-state index >= 15 is 0 Å². The molecule has 0 aliphatic carbocycles. The number of benzene rings is 1. The normalized spacial score (nSPS) is 16.7. The minimum Gasteiger partial charge on any atom is -0.384 e. The SMILES string of the molecule is O=S(=O)(c1ccccc1C#CCO)N1CCSCC1. The van der Waals surface area contributed by atoms with Crippen molar-refractivity contribution in [2.24, 2.45) is 0 Å². The van der Waals surface area contributed by atoms with Gasteiger partial charge in [-0.2, -0.15) is 16.1 Å². The van der Waals surface area contributed by atoms with E-state index in [0.717, 1.165) is 11.5 Å². The molecule has 1 aliphatic heterocycles. The number of hydrogen-bond donors (Lipinski definition) is 1. The van der Waals surface area contributed by atoms with E-state index in [1.807, 2.05) is 0 Å². The lowest BCUT2D eigenvalue weighted by molar-refractivity contribution is 0.350. The minimum atomic E-state index is -3.49. The molecule has 102 valence electrons. The van der Waals surface area contributed by atoms with E-state index in [4.69, 9.17) is 5.11 Å². The Morgan fingerprint density at radius 2 is 1.95 bits per heavy atom. The number of rotatable bonds is 2. The summed E-state index contributed by atoms with van der Waals surface area (Å²) in [5.41, 5.74) is 0.440. The second kappa shape index (κ2) is 6.44. The van der Waals surface area contributed by atoms with Crippen LogP contribution in [0.1, 0.15) is 5.56 Å². The molecule has 0 unspecified atom stereocenters. The molecule has 19 heavy (non-hydrogen) atoms. The van der Waals surface area contributed by atoms with Crippen molar-refractivity contribution in [1.29, 1.82) is 0 Å². The van der Waals surface area contributed by atoms with Crippen LogP contribution >= 0.6 is 11.8 Å². The van der Waals surface area contributed by atoms with Crippen molar-refractivity contribution < 1.29 is 13.5 Å². The quantitative estimate of drug-likeness (QED) is 0.819. The van der Waals surface area contributed by atoms with Crippen molar-refractivity contribution in [1.82, 2.24) is 4.31 Å².